The molecule has 0 spiro atoms. The molecule has 0 unspecified atom stereocenters. The van der Waals surface area contributed by atoms with E-state index in [4.69, 9.17) is 4.98 Å². The number of hydrogen-bond donors (Lipinski definition) is 1. The molecule has 2 aliphatic rings. The van der Waals surface area contributed by atoms with Crippen molar-refractivity contribution in [2.75, 3.05) is 13.1 Å². The number of aromatic nitrogens is 1. The average Bonchev–Trinajstić information content (AvgIpc) is 2.91. The zero-order valence-corrected chi connectivity index (χ0v) is 13.6. The first kappa shape index (κ1) is 13.5. The predicted octanol–water partition coefficient (Wildman–Crippen LogP) is 4.11. The van der Waals surface area contributed by atoms with Crippen LogP contribution in [0.5, 0.6) is 0 Å². The fourth-order valence-electron chi connectivity index (χ4n) is 3.72. The Kier molecular flexibility index (Phi) is 3.16. The quantitative estimate of drug-likeness (QED) is 0.857. The van der Waals surface area contributed by atoms with Gasteiger partial charge in [0, 0.05) is 16.4 Å². The Balaban J connectivity index is 1.79. The molecule has 110 valence electrons. The Labute approximate surface area is 130 Å². The van der Waals surface area contributed by atoms with Crippen molar-refractivity contribution >= 4 is 11.3 Å². The van der Waals surface area contributed by atoms with E-state index in [1.807, 2.05) is 11.3 Å². The van der Waals surface area contributed by atoms with E-state index >= 15 is 0 Å². The lowest BCUT2D eigenvalue weighted by Gasteiger charge is -2.31. The van der Waals surface area contributed by atoms with Crippen LogP contribution in [0.3, 0.4) is 0 Å². The standard InChI is InChI=1S/C18H22N2S/c1-18(2)11-15-16(13-5-3-4-6-14(13)18)20-17(21-15)12-7-9-19-10-8-12/h3-6,12,19H,7-11H2,1-2H3. The number of rotatable bonds is 1. The van der Waals surface area contributed by atoms with Crippen LogP contribution >= 0.6 is 11.3 Å². The van der Waals surface area contributed by atoms with Crippen molar-refractivity contribution in [3.8, 4) is 11.3 Å². The Hall–Kier alpha value is -1.19. The summed E-state index contributed by atoms with van der Waals surface area (Å²) in [6.07, 6.45) is 3.59. The third-order valence-corrected chi connectivity index (χ3v) is 6.13. The number of piperidine rings is 1. The maximum Gasteiger partial charge on any atom is 0.0967 e. The first-order valence-electron chi connectivity index (χ1n) is 7.95. The van der Waals surface area contributed by atoms with Gasteiger partial charge in [-0.05, 0) is 43.3 Å². The van der Waals surface area contributed by atoms with E-state index in [0.29, 0.717) is 5.92 Å². The van der Waals surface area contributed by atoms with Crippen molar-refractivity contribution in [1.82, 2.24) is 10.3 Å². The zero-order valence-electron chi connectivity index (χ0n) is 12.8. The van der Waals surface area contributed by atoms with Gasteiger partial charge in [-0.15, -0.1) is 11.3 Å². The zero-order chi connectivity index (χ0) is 14.4. The van der Waals surface area contributed by atoms with Gasteiger partial charge in [-0.1, -0.05) is 38.1 Å². The van der Waals surface area contributed by atoms with Crippen molar-refractivity contribution in [2.24, 2.45) is 0 Å². The molecule has 2 heterocycles. The van der Waals surface area contributed by atoms with Crippen molar-refractivity contribution < 1.29 is 0 Å². The molecule has 0 bridgehead atoms. The summed E-state index contributed by atoms with van der Waals surface area (Å²) in [5, 5.41) is 4.82. The molecule has 4 rings (SSSR count). The molecule has 1 saturated heterocycles. The summed E-state index contributed by atoms with van der Waals surface area (Å²) < 4.78 is 0. The highest BCUT2D eigenvalue weighted by Crippen LogP contribution is 2.46. The number of fused-ring (bicyclic) bond motifs is 3. The summed E-state index contributed by atoms with van der Waals surface area (Å²) in [5.74, 6) is 0.664. The number of thiazole rings is 1. The molecular weight excluding hydrogens is 276 g/mol. The second kappa shape index (κ2) is 4.92. The van der Waals surface area contributed by atoms with Crippen LogP contribution in [-0.4, -0.2) is 18.1 Å². The maximum absolute atomic E-state index is 5.07. The van der Waals surface area contributed by atoms with E-state index in [9.17, 15) is 0 Å². The van der Waals surface area contributed by atoms with E-state index in [0.717, 1.165) is 19.5 Å². The molecule has 1 aromatic carbocycles. The first-order valence-corrected chi connectivity index (χ1v) is 8.77. The largest absolute Gasteiger partial charge is 0.317 e. The molecule has 2 nitrogen and oxygen atoms in total. The van der Waals surface area contributed by atoms with Crippen LogP contribution in [0.25, 0.3) is 11.3 Å². The SMILES string of the molecule is CC1(C)Cc2sc(C3CCNCC3)nc2-c2ccccc21. The van der Waals surface area contributed by atoms with Crippen LogP contribution in [0, 0.1) is 0 Å². The van der Waals surface area contributed by atoms with Crippen molar-refractivity contribution in [3.05, 3.63) is 39.7 Å². The van der Waals surface area contributed by atoms with Gasteiger partial charge in [0.1, 0.15) is 0 Å². The monoisotopic (exact) mass is 298 g/mol. The summed E-state index contributed by atoms with van der Waals surface area (Å²) in [4.78, 5) is 6.56. The van der Waals surface area contributed by atoms with E-state index in [1.54, 1.807) is 0 Å². The van der Waals surface area contributed by atoms with Gasteiger partial charge in [-0.3, -0.25) is 0 Å². The van der Waals surface area contributed by atoms with Crippen molar-refractivity contribution in [1.29, 1.82) is 0 Å². The third kappa shape index (κ3) is 2.23. The smallest absolute Gasteiger partial charge is 0.0967 e. The molecule has 0 radical (unpaired) electrons. The van der Waals surface area contributed by atoms with E-state index in [2.05, 4.69) is 43.4 Å². The summed E-state index contributed by atoms with van der Waals surface area (Å²) in [7, 11) is 0. The number of benzene rings is 1. The van der Waals surface area contributed by atoms with Gasteiger partial charge in [0.2, 0.25) is 0 Å². The lowest BCUT2D eigenvalue weighted by atomic mass is 9.74. The molecule has 2 aromatic rings. The molecule has 21 heavy (non-hydrogen) atoms. The van der Waals surface area contributed by atoms with Gasteiger partial charge in [-0.2, -0.15) is 0 Å². The highest BCUT2D eigenvalue weighted by Gasteiger charge is 2.34. The Bertz CT molecular complexity index is 666. The normalized spacial score (nSPS) is 20.9. The Morgan fingerprint density at radius 1 is 1.19 bits per heavy atom. The van der Waals surface area contributed by atoms with Gasteiger partial charge in [0.25, 0.3) is 0 Å². The molecular formula is C18H22N2S. The topological polar surface area (TPSA) is 24.9 Å². The fourth-order valence-corrected chi connectivity index (χ4v) is 5.20. The predicted molar refractivity (Wildman–Crippen MR) is 89.1 cm³/mol. The van der Waals surface area contributed by atoms with Crippen LogP contribution in [0.4, 0.5) is 0 Å². The summed E-state index contributed by atoms with van der Waals surface area (Å²) >= 11 is 1.97. The second-order valence-electron chi connectivity index (χ2n) is 6.95. The molecule has 1 aliphatic carbocycles. The minimum absolute atomic E-state index is 0.224. The highest BCUT2D eigenvalue weighted by molar-refractivity contribution is 7.12. The fraction of sp³-hybridized carbons (Fsp3) is 0.500. The number of nitrogens with zero attached hydrogens (tertiary/aromatic N) is 1. The lowest BCUT2D eigenvalue weighted by molar-refractivity contribution is 0.459. The first-order chi connectivity index (χ1) is 10.1. The minimum atomic E-state index is 0.224. The summed E-state index contributed by atoms with van der Waals surface area (Å²) in [5.41, 5.74) is 4.31. The number of hydrogen-bond acceptors (Lipinski definition) is 3. The van der Waals surface area contributed by atoms with Crippen LogP contribution < -0.4 is 5.32 Å². The van der Waals surface area contributed by atoms with Gasteiger partial charge >= 0.3 is 0 Å². The molecule has 1 fully saturated rings. The molecule has 1 aliphatic heterocycles. The van der Waals surface area contributed by atoms with E-state index in [1.165, 1.54) is 39.5 Å². The highest BCUT2D eigenvalue weighted by atomic mass is 32.1. The minimum Gasteiger partial charge on any atom is -0.317 e. The second-order valence-corrected chi connectivity index (χ2v) is 8.07. The van der Waals surface area contributed by atoms with Crippen LogP contribution in [-0.2, 0) is 11.8 Å². The maximum atomic E-state index is 5.07. The number of nitrogens with one attached hydrogen (secondary N) is 1. The molecule has 3 heteroatoms. The lowest BCUT2D eigenvalue weighted by Crippen LogP contribution is -2.26. The van der Waals surface area contributed by atoms with E-state index in [-0.39, 0.29) is 5.41 Å². The Morgan fingerprint density at radius 3 is 2.76 bits per heavy atom. The third-order valence-electron chi connectivity index (χ3n) is 4.92. The van der Waals surface area contributed by atoms with Gasteiger partial charge in [0.15, 0.2) is 0 Å². The molecule has 1 N–H and O–H groups in total. The molecule has 1 aromatic heterocycles. The summed E-state index contributed by atoms with van der Waals surface area (Å²) in [6.45, 7) is 6.99. The van der Waals surface area contributed by atoms with Gasteiger partial charge in [0.05, 0.1) is 10.7 Å². The molecule has 0 atom stereocenters. The molecule has 0 saturated carbocycles. The van der Waals surface area contributed by atoms with Gasteiger partial charge in [-0.25, -0.2) is 4.98 Å². The summed E-state index contributed by atoms with van der Waals surface area (Å²) in [6, 6.07) is 8.84. The van der Waals surface area contributed by atoms with Crippen molar-refractivity contribution in [2.45, 2.75) is 44.4 Å². The average molecular weight is 298 g/mol. The van der Waals surface area contributed by atoms with Crippen LogP contribution in [0.15, 0.2) is 24.3 Å². The van der Waals surface area contributed by atoms with Crippen molar-refractivity contribution in [3.63, 3.8) is 0 Å². The van der Waals surface area contributed by atoms with E-state index < -0.39 is 0 Å². The van der Waals surface area contributed by atoms with Gasteiger partial charge < -0.3 is 5.32 Å². The van der Waals surface area contributed by atoms with Crippen LogP contribution in [0.1, 0.15) is 48.1 Å². The Morgan fingerprint density at radius 2 is 1.95 bits per heavy atom. The van der Waals surface area contributed by atoms with Crippen LogP contribution in [0.2, 0.25) is 0 Å². The molecule has 0 amide bonds.